The van der Waals surface area contributed by atoms with E-state index >= 15 is 0 Å². The van der Waals surface area contributed by atoms with Crippen LogP contribution in [0.4, 0.5) is 0 Å². The molecule has 1 atom stereocenters. The molecule has 40 heavy (non-hydrogen) atoms. The van der Waals surface area contributed by atoms with E-state index in [4.69, 9.17) is 18.9 Å². The van der Waals surface area contributed by atoms with Crippen molar-refractivity contribution in [2.75, 3.05) is 39.5 Å². The number of carbonyl (C=O) groups excluding carboxylic acids is 2. The number of fused-ring (bicyclic) bond motifs is 2. The zero-order chi connectivity index (χ0) is 28.3. The molecule has 0 radical (unpaired) electrons. The lowest BCUT2D eigenvalue weighted by Crippen LogP contribution is -2.63. The van der Waals surface area contributed by atoms with E-state index < -0.39 is 5.60 Å². The van der Waals surface area contributed by atoms with Gasteiger partial charge in [-0.3, -0.25) is 9.59 Å². The molecule has 3 aliphatic rings. The van der Waals surface area contributed by atoms with Gasteiger partial charge < -0.3 is 28.7 Å². The van der Waals surface area contributed by atoms with Crippen molar-refractivity contribution in [3.8, 4) is 17.2 Å². The van der Waals surface area contributed by atoms with Gasteiger partial charge in [-0.2, -0.15) is 0 Å². The van der Waals surface area contributed by atoms with Gasteiger partial charge >= 0.3 is 0 Å². The summed E-state index contributed by atoms with van der Waals surface area (Å²) in [7, 11) is 0. The second-order valence-corrected chi connectivity index (χ2v) is 12.0. The maximum atomic E-state index is 14.1. The van der Waals surface area contributed by atoms with E-state index in [0.29, 0.717) is 44.2 Å². The minimum Gasteiger partial charge on any atom is -0.491 e. The predicted octanol–water partition coefficient (Wildman–Crippen LogP) is 4.42. The van der Waals surface area contributed by atoms with Gasteiger partial charge in [-0.05, 0) is 71.1 Å². The molecule has 216 valence electrons. The lowest BCUT2D eigenvalue weighted by atomic mass is 9.90. The largest absolute Gasteiger partial charge is 0.491 e. The SMILES string of the molecule is CC(C)N1CCOc2ccccc2CCCCC2(CN(C(=O)COc3cccc4c3OC(C)(C)C4)CCO2)C1=O. The number of ether oxygens (including phenoxy) is 4. The van der Waals surface area contributed by atoms with Gasteiger partial charge in [0, 0.05) is 24.6 Å². The summed E-state index contributed by atoms with van der Waals surface area (Å²) in [6, 6.07) is 13.9. The Morgan fingerprint density at radius 3 is 2.65 bits per heavy atom. The third kappa shape index (κ3) is 6.07. The molecule has 0 aromatic heterocycles. The van der Waals surface area contributed by atoms with Crippen LogP contribution in [-0.4, -0.2) is 78.3 Å². The molecule has 1 fully saturated rings. The van der Waals surface area contributed by atoms with E-state index in [9.17, 15) is 9.59 Å². The van der Waals surface area contributed by atoms with E-state index in [1.165, 1.54) is 5.56 Å². The van der Waals surface area contributed by atoms with Crippen LogP contribution in [0.5, 0.6) is 17.2 Å². The highest BCUT2D eigenvalue weighted by Gasteiger charge is 2.47. The van der Waals surface area contributed by atoms with Crippen molar-refractivity contribution in [3.05, 3.63) is 53.6 Å². The van der Waals surface area contributed by atoms with Gasteiger partial charge in [0.25, 0.3) is 11.8 Å². The van der Waals surface area contributed by atoms with E-state index in [1.807, 2.05) is 69.0 Å². The Labute approximate surface area is 237 Å². The first-order valence-corrected chi connectivity index (χ1v) is 14.5. The molecule has 2 amide bonds. The Morgan fingerprint density at radius 1 is 1.02 bits per heavy atom. The second-order valence-electron chi connectivity index (χ2n) is 12.0. The fourth-order valence-electron chi connectivity index (χ4n) is 6.00. The number of morpholine rings is 1. The van der Waals surface area contributed by atoms with Crippen molar-refractivity contribution >= 4 is 11.8 Å². The fourth-order valence-corrected chi connectivity index (χ4v) is 6.00. The van der Waals surface area contributed by atoms with E-state index in [-0.39, 0.29) is 36.6 Å². The summed E-state index contributed by atoms with van der Waals surface area (Å²) < 4.78 is 24.5. The lowest BCUT2D eigenvalue weighted by Gasteiger charge is -2.45. The molecule has 1 spiro atoms. The average Bonchev–Trinajstić information content (AvgIpc) is 3.26. The van der Waals surface area contributed by atoms with Crippen molar-refractivity contribution in [2.45, 2.75) is 77.0 Å². The summed E-state index contributed by atoms with van der Waals surface area (Å²) >= 11 is 0. The number of para-hydroxylation sites is 2. The highest BCUT2D eigenvalue weighted by atomic mass is 16.5. The van der Waals surface area contributed by atoms with Gasteiger partial charge in [-0.15, -0.1) is 0 Å². The maximum absolute atomic E-state index is 14.1. The highest BCUT2D eigenvalue weighted by Crippen LogP contribution is 2.41. The Hall–Kier alpha value is -3.26. The smallest absolute Gasteiger partial charge is 0.260 e. The van der Waals surface area contributed by atoms with E-state index in [1.54, 1.807) is 4.90 Å². The highest BCUT2D eigenvalue weighted by molar-refractivity contribution is 5.87. The monoisotopic (exact) mass is 550 g/mol. The van der Waals surface area contributed by atoms with Crippen LogP contribution in [0.15, 0.2) is 42.5 Å². The molecule has 3 aliphatic heterocycles. The number of benzene rings is 2. The quantitative estimate of drug-likeness (QED) is 0.561. The average molecular weight is 551 g/mol. The molecule has 0 N–H and O–H groups in total. The zero-order valence-corrected chi connectivity index (χ0v) is 24.2. The van der Waals surface area contributed by atoms with Crippen LogP contribution in [0.2, 0.25) is 0 Å². The number of rotatable bonds is 4. The standard InChI is InChI=1S/C32H42N2O6/c1-23(2)34-17-18-37-26-13-6-5-10-24(26)11-7-8-15-32(30(34)36)22-33(16-19-39-32)28(35)21-38-27-14-9-12-25-20-31(3,4)40-29(25)27/h5-6,9-10,12-14,23H,7-8,11,15-22H2,1-4H3. The van der Waals surface area contributed by atoms with Crippen LogP contribution in [0.3, 0.4) is 0 Å². The van der Waals surface area contributed by atoms with Crippen molar-refractivity contribution < 1.29 is 28.5 Å². The molecule has 5 rings (SSSR count). The molecule has 2 aromatic rings. The number of carbonyl (C=O) groups is 2. The Balaban J connectivity index is 1.30. The molecule has 0 aliphatic carbocycles. The molecule has 8 heteroatoms. The molecular weight excluding hydrogens is 508 g/mol. The molecule has 0 saturated carbocycles. The third-order valence-corrected chi connectivity index (χ3v) is 8.06. The van der Waals surface area contributed by atoms with Crippen LogP contribution in [0, 0.1) is 0 Å². The number of amides is 2. The van der Waals surface area contributed by atoms with Gasteiger partial charge in [-0.25, -0.2) is 0 Å². The topological polar surface area (TPSA) is 77.5 Å². The maximum Gasteiger partial charge on any atom is 0.260 e. The zero-order valence-electron chi connectivity index (χ0n) is 24.2. The number of hydrogen-bond acceptors (Lipinski definition) is 6. The van der Waals surface area contributed by atoms with Gasteiger partial charge in [0.05, 0.1) is 19.7 Å². The van der Waals surface area contributed by atoms with Gasteiger partial charge in [0.1, 0.15) is 18.0 Å². The van der Waals surface area contributed by atoms with E-state index in [0.717, 1.165) is 37.0 Å². The van der Waals surface area contributed by atoms with Crippen LogP contribution in [0.25, 0.3) is 0 Å². The third-order valence-electron chi connectivity index (χ3n) is 8.06. The summed E-state index contributed by atoms with van der Waals surface area (Å²) in [5.41, 5.74) is 0.876. The van der Waals surface area contributed by atoms with Crippen molar-refractivity contribution in [1.29, 1.82) is 0 Å². The molecule has 8 nitrogen and oxygen atoms in total. The fraction of sp³-hybridized carbons (Fsp3) is 0.562. The van der Waals surface area contributed by atoms with Gasteiger partial charge in [-0.1, -0.05) is 30.3 Å². The molecule has 1 saturated heterocycles. The van der Waals surface area contributed by atoms with Gasteiger partial charge in [0.2, 0.25) is 0 Å². The summed E-state index contributed by atoms with van der Waals surface area (Å²) in [6.07, 6.45) is 3.91. The molecular formula is C32H42N2O6. The first-order valence-electron chi connectivity index (χ1n) is 14.5. The number of hydrogen-bond donors (Lipinski definition) is 0. The van der Waals surface area contributed by atoms with Gasteiger partial charge in [0.15, 0.2) is 23.7 Å². The Kier molecular flexibility index (Phi) is 8.26. The van der Waals surface area contributed by atoms with Crippen molar-refractivity contribution in [3.63, 3.8) is 0 Å². The van der Waals surface area contributed by atoms with Crippen molar-refractivity contribution in [2.24, 2.45) is 0 Å². The predicted molar refractivity (Wildman–Crippen MR) is 152 cm³/mol. The van der Waals surface area contributed by atoms with Crippen LogP contribution >= 0.6 is 0 Å². The first-order chi connectivity index (χ1) is 19.2. The summed E-state index contributed by atoms with van der Waals surface area (Å²) in [5.74, 6) is 1.94. The summed E-state index contributed by atoms with van der Waals surface area (Å²) in [5, 5.41) is 0. The Bertz CT molecular complexity index is 1230. The number of nitrogens with zero attached hydrogens (tertiary/aromatic N) is 2. The van der Waals surface area contributed by atoms with E-state index in [2.05, 4.69) is 6.07 Å². The minimum atomic E-state index is -1.09. The molecule has 1 unspecified atom stereocenters. The molecule has 0 bridgehead atoms. The first kappa shape index (κ1) is 28.3. The summed E-state index contributed by atoms with van der Waals surface area (Å²) in [4.78, 5) is 31.1. The van der Waals surface area contributed by atoms with Crippen LogP contribution in [-0.2, 0) is 27.2 Å². The molecule has 3 heterocycles. The minimum absolute atomic E-state index is 0.0337. The lowest BCUT2D eigenvalue weighted by molar-refractivity contribution is -0.178. The second kappa shape index (κ2) is 11.7. The van der Waals surface area contributed by atoms with Crippen molar-refractivity contribution in [1.82, 2.24) is 9.80 Å². The summed E-state index contributed by atoms with van der Waals surface area (Å²) in [6.45, 7) is 9.76. The van der Waals surface area contributed by atoms with Crippen LogP contribution < -0.4 is 14.2 Å². The molecule has 2 aromatic carbocycles. The Morgan fingerprint density at radius 2 is 1.82 bits per heavy atom. The normalized spacial score (nSPS) is 23.0. The number of aryl methyl sites for hydroxylation is 1. The van der Waals surface area contributed by atoms with Crippen LogP contribution in [0.1, 0.15) is 58.1 Å².